The van der Waals surface area contributed by atoms with Crippen LogP contribution in [0.2, 0.25) is 0 Å². The summed E-state index contributed by atoms with van der Waals surface area (Å²) in [6, 6.07) is 6.75. The van der Waals surface area contributed by atoms with E-state index in [0.717, 1.165) is 31.0 Å². The lowest BCUT2D eigenvalue weighted by Gasteiger charge is -2.05. The molecule has 1 fully saturated rings. The van der Waals surface area contributed by atoms with Gasteiger partial charge in [-0.3, -0.25) is 4.72 Å². The SMILES string of the molecule is Fc1cccc(CNSCCCCCNCC=C2CC2)c1. The van der Waals surface area contributed by atoms with E-state index in [2.05, 4.69) is 16.1 Å². The zero-order valence-electron chi connectivity index (χ0n) is 12.5. The monoisotopic (exact) mass is 308 g/mol. The molecule has 1 aromatic rings. The molecule has 0 aliphatic heterocycles. The van der Waals surface area contributed by atoms with Crippen molar-refractivity contribution < 1.29 is 4.39 Å². The van der Waals surface area contributed by atoms with Crippen LogP contribution >= 0.6 is 11.9 Å². The van der Waals surface area contributed by atoms with Crippen LogP contribution in [0.3, 0.4) is 0 Å². The van der Waals surface area contributed by atoms with Gasteiger partial charge in [0.15, 0.2) is 0 Å². The summed E-state index contributed by atoms with van der Waals surface area (Å²) in [5.74, 6) is 0.948. The lowest BCUT2D eigenvalue weighted by Crippen LogP contribution is -2.15. The summed E-state index contributed by atoms with van der Waals surface area (Å²) >= 11 is 1.73. The van der Waals surface area contributed by atoms with E-state index in [4.69, 9.17) is 0 Å². The maximum absolute atomic E-state index is 13.0. The Bertz CT molecular complexity index is 442. The van der Waals surface area contributed by atoms with Crippen LogP contribution in [0.25, 0.3) is 0 Å². The number of nitrogens with one attached hydrogen (secondary N) is 2. The van der Waals surface area contributed by atoms with E-state index in [0.29, 0.717) is 0 Å². The minimum Gasteiger partial charge on any atom is -0.313 e. The highest BCUT2D eigenvalue weighted by molar-refractivity contribution is 7.97. The lowest BCUT2D eigenvalue weighted by molar-refractivity contribution is 0.625. The molecular formula is C17H25FN2S. The van der Waals surface area contributed by atoms with E-state index in [1.165, 1.54) is 38.2 Å². The van der Waals surface area contributed by atoms with Crippen LogP contribution in [0, 0.1) is 5.82 Å². The third-order valence-electron chi connectivity index (χ3n) is 3.44. The van der Waals surface area contributed by atoms with Crippen LogP contribution < -0.4 is 10.0 Å². The van der Waals surface area contributed by atoms with E-state index in [1.807, 2.05) is 6.07 Å². The van der Waals surface area contributed by atoms with E-state index < -0.39 is 0 Å². The average Bonchev–Trinajstić information content (AvgIpc) is 3.29. The van der Waals surface area contributed by atoms with Gasteiger partial charge in [-0.25, -0.2) is 4.39 Å². The fraction of sp³-hybridized carbons (Fsp3) is 0.529. The molecule has 2 N–H and O–H groups in total. The molecule has 0 bridgehead atoms. The highest BCUT2D eigenvalue weighted by Crippen LogP contribution is 2.26. The van der Waals surface area contributed by atoms with Crippen LogP contribution in [0.1, 0.15) is 37.7 Å². The standard InChI is InChI=1S/C17H25FN2S/c18-17-6-4-5-16(13-17)14-20-21-12-3-1-2-10-19-11-9-15-7-8-15/h4-6,9,13,19-20H,1-3,7-8,10-12,14H2. The minimum absolute atomic E-state index is 0.163. The highest BCUT2D eigenvalue weighted by atomic mass is 32.2. The molecule has 2 rings (SSSR count). The zero-order valence-corrected chi connectivity index (χ0v) is 13.4. The van der Waals surface area contributed by atoms with Crippen molar-refractivity contribution in [1.82, 2.24) is 10.0 Å². The predicted octanol–water partition coefficient (Wildman–Crippen LogP) is 4.04. The topological polar surface area (TPSA) is 24.1 Å². The Morgan fingerprint density at radius 3 is 2.90 bits per heavy atom. The molecule has 1 aliphatic carbocycles. The number of halogens is 1. The molecule has 0 unspecified atom stereocenters. The summed E-state index contributed by atoms with van der Waals surface area (Å²) in [6.07, 6.45) is 8.70. The molecular weight excluding hydrogens is 283 g/mol. The van der Waals surface area contributed by atoms with Gasteiger partial charge < -0.3 is 5.32 Å². The number of hydrogen-bond donors (Lipinski definition) is 2. The van der Waals surface area contributed by atoms with Crippen molar-refractivity contribution in [2.75, 3.05) is 18.8 Å². The van der Waals surface area contributed by atoms with E-state index in [9.17, 15) is 4.39 Å². The Kier molecular flexibility index (Phi) is 7.86. The normalized spacial score (nSPS) is 13.5. The first kappa shape index (κ1) is 16.5. The maximum atomic E-state index is 13.0. The largest absolute Gasteiger partial charge is 0.313 e. The molecule has 0 atom stereocenters. The Labute approximate surface area is 131 Å². The van der Waals surface area contributed by atoms with Crippen molar-refractivity contribution in [3.8, 4) is 0 Å². The van der Waals surface area contributed by atoms with Gasteiger partial charge in [0.2, 0.25) is 0 Å². The summed E-state index contributed by atoms with van der Waals surface area (Å²) in [7, 11) is 0. The molecule has 1 aromatic carbocycles. The van der Waals surface area contributed by atoms with Gasteiger partial charge >= 0.3 is 0 Å². The average molecular weight is 308 g/mol. The molecule has 0 heterocycles. The van der Waals surface area contributed by atoms with Gasteiger partial charge in [0.1, 0.15) is 5.82 Å². The van der Waals surface area contributed by atoms with Gasteiger partial charge in [0.25, 0.3) is 0 Å². The summed E-state index contributed by atoms with van der Waals surface area (Å²) in [5, 5.41) is 3.45. The molecule has 0 radical (unpaired) electrons. The van der Waals surface area contributed by atoms with Crippen LogP contribution in [0.15, 0.2) is 35.9 Å². The minimum atomic E-state index is -0.163. The Morgan fingerprint density at radius 1 is 1.19 bits per heavy atom. The second kappa shape index (κ2) is 9.98. The van der Waals surface area contributed by atoms with Crippen molar-refractivity contribution in [2.45, 2.75) is 38.6 Å². The molecule has 21 heavy (non-hydrogen) atoms. The van der Waals surface area contributed by atoms with E-state index >= 15 is 0 Å². The van der Waals surface area contributed by atoms with Crippen LogP contribution in [0.5, 0.6) is 0 Å². The number of allylic oxidation sites excluding steroid dienone is 1. The van der Waals surface area contributed by atoms with Gasteiger partial charge in [-0.05, 0) is 49.9 Å². The van der Waals surface area contributed by atoms with Crippen LogP contribution in [-0.4, -0.2) is 18.8 Å². The lowest BCUT2D eigenvalue weighted by atomic mass is 10.2. The fourth-order valence-electron chi connectivity index (χ4n) is 2.05. The molecule has 0 saturated heterocycles. The molecule has 0 aromatic heterocycles. The summed E-state index contributed by atoms with van der Waals surface area (Å²) in [5.41, 5.74) is 2.61. The van der Waals surface area contributed by atoms with Gasteiger partial charge in [0.05, 0.1) is 0 Å². The molecule has 116 valence electrons. The van der Waals surface area contributed by atoms with Gasteiger partial charge in [-0.15, -0.1) is 0 Å². The summed E-state index contributed by atoms with van der Waals surface area (Å²) in [6.45, 7) is 2.88. The smallest absolute Gasteiger partial charge is 0.123 e. The van der Waals surface area contributed by atoms with E-state index in [1.54, 1.807) is 29.7 Å². The van der Waals surface area contributed by atoms with Gasteiger partial charge in [0, 0.05) is 18.8 Å². The van der Waals surface area contributed by atoms with Crippen molar-refractivity contribution in [3.63, 3.8) is 0 Å². The molecule has 2 nitrogen and oxygen atoms in total. The number of benzene rings is 1. The third-order valence-corrected chi connectivity index (χ3v) is 4.28. The maximum Gasteiger partial charge on any atom is 0.123 e. The first-order valence-electron chi connectivity index (χ1n) is 7.82. The van der Waals surface area contributed by atoms with Gasteiger partial charge in [-0.1, -0.05) is 42.2 Å². The van der Waals surface area contributed by atoms with Gasteiger partial charge in [-0.2, -0.15) is 0 Å². The number of unbranched alkanes of at least 4 members (excludes halogenated alkanes) is 2. The van der Waals surface area contributed by atoms with Crippen molar-refractivity contribution in [2.24, 2.45) is 0 Å². The molecule has 1 aliphatic rings. The number of rotatable bonds is 11. The fourth-order valence-corrected chi connectivity index (χ4v) is 2.81. The Balaban J connectivity index is 1.35. The van der Waals surface area contributed by atoms with Crippen molar-refractivity contribution >= 4 is 11.9 Å². The Morgan fingerprint density at radius 2 is 2.10 bits per heavy atom. The predicted molar refractivity (Wildman–Crippen MR) is 89.7 cm³/mol. The molecule has 0 amide bonds. The second-order valence-electron chi connectivity index (χ2n) is 5.43. The first-order valence-corrected chi connectivity index (χ1v) is 8.81. The molecule has 1 saturated carbocycles. The van der Waals surface area contributed by atoms with Crippen LogP contribution in [0.4, 0.5) is 4.39 Å². The van der Waals surface area contributed by atoms with Crippen molar-refractivity contribution in [1.29, 1.82) is 0 Å². The summed E-state index contributed by atoms with van der Waals surface area (Å²) < 4.78 is 16.3. The quantitative estimate of drug-likeness (QED) is 0.366. The first-order chi connectivity index (χ1) is 10.3. The molecule has 4 heteroatoms. The van der Waals surface area contributed by atoms with Crippen LogP contribution in [-0.2, 0) is 6.54 Å². The summed E-state index contributed by atoms with van der Waals surface area (Å²) in [4.78, 5) is 0. The zero-order chi connectivity index (χ0) is 14.8. The third kappa shape index (κ3) is 8.24. The highest BCUT2D eigenvalue weighted by Gasteiger charge is 2.08. The van der Waals surface area contributed by atoms with E-state index in [-0.39, 0.29) is 5.82 Å². The number of hydrogen-bond acceptors (Lipinski definition) is 3. The Hall–Kier alpha value is -0.840. The van der Waals surface area contributed by atoms with Crippen molar-refractivity contribution in [3.05, 3.63) is 47.3 Å². The molecule has 0 spiro atoms. The second-order valence-corrected chi connectivity index (χ2v) is 6.41.